The van der Waals surface area contributed by atoms with E-state index < -0.39 is 18.2 Å². The van der Waals surface area contributed by atoms with Crippen molar-refractivity contribution in [2.75, 3.05) is 6.61 Å². The molecule has 4 fully saturated rings. The fraction of sp³-hybridized carbons (Fsp3) is 0.935. The van der Waals surface area contributed by atoms with Crippen molar-refractivity contribution in [1.29, 1.82) is 0 Å². The average Bonchev–Trinajstić information content (AvgIpc) is 3.11. The fourth-order valence-electron chi connectivity index (χ4n) is 9.78. The van der Waals surface area contributed by atoms with Gasteiger partial charge in [0.15, 0.2) is 0 Å². The molecule has 4 aliphatic rings. The number of aliphatic hydroxyl groups is 1. The van der Waals surface area contributed by atoms with Crippen LogP contribution in [0.3, 0.4) is 0 Å². The molecule has 0 spiro atoms. The van der Waals surface area contributed by atoms with Crippen LogP contribution in [0.4, 0.5) is 0 Å². The lowest BCUT2D eigenvalue weighted by Crippen LogP contribution is -2.55. The lowest BCUT2D eigenvalue weighted by Gasteiger charge is -2.56. The Morgan fingerprint density at radius 3 is 2.44 bits per heavy atom. The summed E-state index contributed by atoms with van der Waals surface area (Å²) in [5, 5.41) is 11.0. The highest BCUT2D eigenvalue weighted by molar-refractivity contribution is 5.74. The van der Waals surface area contributed by atoms with Crippen LogP contribution in [-0.2, 0) is 19.1 Å². The van der Waals surface area contributed by atoms with E-state index in [9.17, 15) is 14.7 Å². The number of rotatable bonds is 7. The lowest BCUT2D eigenvalue weighted by molar-refractivity contribution is -0.176. The molecule has 5 nitrogen and oxygen atoms in total. The minimum Gasteiger partial charge on any atom is -0.465 e. The summed E-state index contributed by atoms with van der Waals surface area (Å²) >= 11 is 0. The first-order chi connectivity index (χ1) is 16.9. The zero-order chi connectivity index (χ0) is 26.4. The summed E-state index contributed by atoms with van der Waals surface area (Å²) in [6, 6.07) is 0. The SMILES string of the molecule is CC[C@H](CC[C@@H](C)[C@H]1CC[C@H]2[C@@H]3COC(=O)[C@H]4C[C@@H](OC(C)=O)[C@@H](O)C[C@]4(C)[C@H]3CC[C@]12C)C(C)C. The summed E-state index contributed by atoms with van der Waals surface area (Å²) in [6.07, 6.45) is 8.26. The van der Waals surface area contributed by atoms with Crippen LogP contribution in [-0.4, -0.2) is 35.9 Å². The van der Waals surface area contributed by atoms with Crippen LogP contribution in [0.1, 0.15) is 106 Å². The number of carbonyl (C=O) groups is 2. The normalized spacial score (nSPS) is 44.0. The molecule has 0 aromatic rings. The summed E-state index contributed by atoms with van der Waals surface area (Å²) in [5.41, 5.74) is -0.0126. The van der Waals surface area contributed by atoms with Crippen molar-refractivity contribution >= 4 is 11.9 Å². The van der Waals surface area contributed by atoms with Gasteiger partial charge in [-0.3, -0.25) is 9.59 Å². The molecule has 1 aliphatic heterocycles. The number of fused-ring (bicyclic) bond motifs is 5. The largest absolute Gasteiger partial charge is 0.465 e. The van der Waals surface area contributed by atoms with Crippen LogP contribution < -0.4 is 0 Å². The highest BCUT2D eigenvalue weighted by atomic mass is 16.6. The maximum absolute atomic E-state index is 13.3. The number of hydrogen-bond acceptors (Lipinski definition) is 5. The average molecular weight is 505 g/mol. The van der Waals surface area contributed by atoms with Crippen LogP contribution in [0.15, 0.2) is 0 Å². The van der Waals surface area contributed by atoms with Gasteiger partial charge in [0.05, 0.1) is 18.6 Å². The maximum atomic E-state index is 13.3. The summed E-state index contributed by atoms with van der Waals surface area (Å²) in [4.78, 5) is 24.9. The highest BCUT2D eigenvalue weighted by Crippen LogP contribution is 2.66. The van der Waals surface area contributed by atoms with Gasteiger partial charge in [0.2, 0.25) is 0 Å². The number of cyclic esters (lactones) is 1. The molecule has 1 heterocycles. The Morgan fingerprint density at radius 2 is 1.81 bits per heavy atom. The third-order valence-corrected chi connectivity index (χ3v) is 11.9. The quantitative estimate of drug-likeness (QED) is 0.406. The van der Waals surface area contributed by atoms with Crippen molar-refractivity contribution in [3.63, 3.8) is 0 Å². The Balaban J connectivity index is 1.52. The second kappa shape index (κ2) is 10.6. The maximum Gasteiger partial charge on any atom is 0.309 e. The van der Waals surface area contributed by atoms with E-state index in [0.717, 1.165) is 30.1 Å². The van der Waals surface area contributed by atoms with Crippen molar-refractivity contribution in [3.05, 3.63) is 0 Å². The van der Waals surface area contributed by atoms with Gasteiger partial charge in [-0.25, -0.2) is 0 Å². The minimum atomic E-state index is -0.723. The molecule has 0 unspecified atom stereocenters. The minimum absolute atomic E-state index is 0.153. The Labute approximate surface area is 219 Å². The molecular weight excluding hydrogens is 452 g/mol. The standard InChI is InChI=1S/C31H52O5/c1-8-21(18(2)3)10-9-19(4)23-11-12-24-22-17-35-29(34)26-15-28(36-20(5)32)27(33)16-31(26,7)25(22)13-14-30(23,24)6/h18-19,21-28,33H,8-17H2,1-7H3/t19-,21-,22+,23-,24+,25+,26-,27+,28-,30-,31-/m1/s1. The van der Waals surface area contributed by atoms with Gasteiger partial charge in [-0.15, -0.1) is 0 Å². The molecular formula is C31H52O5. The fourth-order valence-corrected chi connectivity index (χ4v) is 9.78. The second-order valence-corrected chi connectivity index (χ2v) is 13.9. The number of aliphatic hydroxyl groups excluding tert-OH is 1. The topological polar surface area (TPSA) is 72.8 Å². The first kappa shape index (κ1) is 27.9. The zero-order valence-corrected chi connectivity index (χ0v) is 23.9. The van der Waals surface area contributed by atoms with Gasteiger partial charge in [-0.1, -0.05) is 54.4 Å². The molecule has 5 heteroatoms. The van der Waals surface area contributed by atoms with Crippen LogP contribution in [0.2, 0.25) is 0 Å². The number of esters is 2. The second-order valence-electron chi connectivity index (χ2n) is 13.9. The summed E-state index contributed by atoms with van der Waals surface area (Å²) in [7, 11) is 0. The summed E-state index contributed by atoms with van der Waals surface area (Å²) in [6.45, 7) is 16.2. The Bertz CT molecular complexity index is 809. The van der Waals surface area contributed by atoms with E-state index in [0.29, 0.717) is 42.6 Å². The molecule has 206 valence electrons. The van der Waals surface area contributed by atoms with Crippen molar-refractivity contribution in [1.82, 2.24) is 0 Å². The highest BCUT2D eigenvalue weighted by Gasteiger charge is 2.63. The molecule has 1 N–H and O–H groups in total. The zero-order valence-electron chi connectivity index (χ0n) is 23.9. The van der Waals surface area contributed by atoms with Gasteiger partial charge in [-0.2, -0.15) is 0 Å². The molecule has 0 amide bonds. The Morgan fingerprint density at radius 1 is 1.11 bits per heavy atom. The first-order valence-electron chi connectivity index (χ1n) is 14.9. The first-order valence-corrected chi connectivity index (χ1v) is 14.9. The van der Waals surface area contributed by atoms with E-state index in [2.05, 4.69) is 41.5 Å². The van der Waals surface area contributed by atoms with Gasteiger partial charge in [0.1, 0.15) is 6.10 Å². The summed E-state index contributed by atoms with van der Waals surface area (Å²) in [5.74, 6) is 3.45. The monoisotopic (exact) mass is 504 g/mol. The van der Waals surface area contributed by atoms with Crippen molar-refractivity contribution < 1.29 is 24.2 Å². The third kappa shape index (κ3) is 4.87. The van der Waals surface area contributed by atoms with E-state index in [4.69, 9.17) is 9.47 Å². The number of carbonyl (C=O) groups excluding carboxylic acids is 2. The van der Waals surface area contributed by atoms with Crippen molar-refractivity contribution in [2.45, 2.75) is 118 Å². The van der Waals surface area contributed by atoms with Crippen LogP contribution >= 0.6 is 0 Å². The molecule has 4 rings (SSSR count). The molecule has 0 aromatic carbocycles. The van der Waals surface area contributed by atoms with Gasteiger partial charge in [-0.05, 0) is 90.8 Å². The Hall–Kier alpha value is -1.10. The molecule has 36 heavy (non-hydrogen) atoms. The van der Waals surface area contributed by atoms with Crippen LogP contribution in [0.5, 0.6) is 0 Å². The van der Waals surface area contributed by atoms with Crippen molar-refractivity contribution in [3.8, 4) is 0 Å². The smallest absolute Gasteiger partial charge is 0.309 e. The molecule has 3 saturated carbocycles. The molecule has 3 aliphatic carbocycles. The van der Waals surface area contributed by atoms with E-state index >= 15 is 0 Å². The van der Waals surface area contributed by atoms with Gasteiger partial charge >= 0.3 is 11.9 Å². The van der Waals surface area contributed by atoms with Gasteiger partial charge in [0, 0.05) is 13.3 Å². The van der Waals surface area contributed by atoms with Crippen molar-refractivity contribution in [2.24, 2.45) is 58.2 Å². The van der Waals surface area contributed by atoms with Gasteiger partial charge < -0.3 is 14.6 Å². The third-order valence-electron chi connectivity index (χ3n) is 11.9. The lowest BCUT2D eigenvalue weighted by atomic mass is 9.48. The Kier molecular flexibility index (Phi) is 8.20. The van der Waals surface area contributed by atoms with Crippen LogP contribution in [0.25, 0.3) is 0 Å². The van der Waals surface area contributed by atoms with Crippen LogP contribution in [0, 0.1) is 58.2 Å². The van der Waals surface area contributed by atoms with E-state index in [1.165, 1.54) is 45.4 Å². The summed E-state index contributed by atoms with van der Waals surface area (Å²) < 4.78 is 11.4. The molecule has 0 bridgehead atoms. The molecule has 0 aromatic heterocycles. The molecule has 11 atom stereocenters. The van der Waals surface area contributed by atoms with E-state index in [1.54, 1.807) is 0 Å². The number of hydrogen-bond donors (Lipinski definition) is 1. The van der Waals surface area contributed by atoms with Gasteiger partial charge in [0.25, 0.3) is 0 Å². The number of ether oxygens (including phenoxy) is 2. The molecule has 1 saturated heterocycles. The predicted molar refractivity (Wildman–Crippen MR) is 141 cm³/mol. The predicted octanol–water partition coefficient (Wildman–Crippen LogP) is 6.41. The van der Waals surface area contributed by atoms with E-state index in [1.807, 2.05) is 0 Å². The van der Waals surface area contributed by atoms with E-state index in [-0.39, 0.29) is 17.3 Å². The molecule has 0 radical (unpaired) electrons.